The van der Waals surface area contributed by atoms with Crippen LogP contribution in [0, 0.1) is 17.8 Å². The van der Waals surface area contributed by atoms with Gasteiger partial charge in [0.15, 0.2) is 0 Å². The first-order valence-electron chi connectivity index (χ1n) is 8.50. The minimum absolute atomic E-state index is 0.334. The minimum atomic E-state index is 0.334. The highest BCUT2D eigenvalue weighted by atomic mass is 35.5. The Morgan fingerprint density at radius 2 is 1.73 bits per heavy atom. The Morgan fingerprint density at radius 3 is 2.32 bits per heavy atom. The van der Waals surface area contributed by atoms with Gasteiger partial charge in [-0.05, 0) is 55.4 Å². The first-order chi connectivity index (χ1) is 10.7. The van der Waals surface area contributed by atoms with Gasteiger partial charge < -0.3 is 9.80 Å². The summed E-state index contributed by atoms with van der Waals surface area (Å²) in [4.78, 5) is 17.2. The van der Waals surface area contributed by atoms with Crippen LogP contribution < -0.4 is 4.90 Å². The highest BCUT2D eigenvalue weighted by molar-refractivity contribution is 6.30. The van der Waals surface area contributed by atoms with Crippen LogP contribution in [0.25, 0.3) is 0 Å². The summed E-state index contributed by atoms with van der Waals surface area (Å²) in [6.07, 6.45) is 5.10. The Bertz CT molecular complexity index is 551. The number of piperazine rings is 1. The molecule has 1 saturated heterocycles. The van der Waals surface area contributed by atoms with Crippen LogP contribution in [0.1, 0.15) is 25.7 Å². The van der Waals surface area contributed by atoms with E-state index in [0.29, 0.717) is 17.7 Å². The Hall–Kier alpha value is -1.22. The van der Waals surface area contributed by atoms with Gasteiger partial charge >= 0.3 is 0 Å². The molecule has 118 valence electrons. The maximum atomic E-state index is 12.8. The molecule has 2 bridgehead atoms. The van der Waals surface area contributed by atoms with Crippen LogP contribution in [-0.2, 0) is 4.79 Å². The number of rotatable bonds is 2. The predicted octanol–water partition coefficient (Wildman–Crippen LogP) is 3.42. The second-order valence-electron chi connectivity index (χ2n) is 7.07. The van der Waals surface area contributed by atoms with E-state index in [1.165, 1.54) is 24.9 Å². The van der Waals surface area contributed by atoms with Crippen LogP contribution in [0.5, 0.6) is 0 Å². The average molecular weight is 319 g/mol. The summed E-state index contributed by atoms with van der Waals surface area (Å²) < 4.78 is 0. The van der Waals surface area contributed by atoms with Crippen molar-refractivity contribution in [3.8, 4) is 0 Å². The molecule has 3 atom stereocenters. The van der Waals surface area contributed by atoms with E-state index in [2.05, 4.69) is 21.9 Å². The summed E-state index contributed by atoms with van der Waals surface area (Å²) in [6.45, 7) is 3.56. The molecule has 0 spiro atoms. The Kier molecular flexibility index (Phi) is 3.77. The van der Waals surface area contributed by atoms with Crippen molar-refractivity contribution in [3.63, 3.8) is 0 Å². The number of hydrogen-bond donors (Lipinski definition) is 0. The standard InChI is InChI=1S/C18H23ClN2O/c19-15-3-5-16(6-4-15)20-7-9-21(10-8-20)18(22)17-12-13-1-2-14(17)11-13/h3-6,13-14,17H,1-2,7-12H2/t13-,14+,17+/m0/s1. The molecule has 22 heavy (non-hydrogen) atoms. The van der Waals surface area contributed by atoms with Crippen molar-refractivity contribution in [2.24, 2.45) is 17.8 Å². The number of benzene rings is 1. The highest BCUT2D eigenvalue weighted by Crippen LogP contribution is 2.48. The van der Waals surface area contributed by atoms with Gasteiger partial charge in [0.25, 0.3) is 0 Å². The molecule has 1 aliphatic heterocycles. The Labute approximate surface area is 137 Å². The number of hydrogen-bond acceptors (Lipinski definition) is 2. The average Bonchev–Trinajstić information content (AvgIpc) is 3.18. The molecule has 4 rings (SSSR count). The van der Waals surface area contributed by atoms with E-state index < -0.39 is 0 Å². The topological polar surface area (TPSA) is 23.6 Å². The molecule has 0 N–H and O–H groups in total. The van der Waals surface area contributed by atoms with Crippen LogP contribution in [0.15, 0.2) is 24.3 Å². The van der Waals surface area contributed by atoms with E-state index in [1.807, 2.05) is 12.1 Å². The zero-order valence-electron chi connectivity index (χ0n) is 12.9. The predicted molar refractivity (Wildman–Crippen MR) is 89.2 cm³/mol. The normalized spacial score (nSPS) is 30.9. The molecule has 1 amide bonds. The van der Waals surface area contributed by atoms with E-state index >= 15 is 0 Å². The number of carbonyl (C=O) groups excluding carboxylic acids is 1. The van der Waals surface area contributed by atoms with Crippen molar-refractivity contribution in [2.75, 3.05) is 31.1 Å². The van der Waals surface area contributed by atoms with Gasteiger partial charge in [-0.3, -0.25) is 4.79 Å². The number of halogens is 1. The highest BCUT2D eigenvalue weighted by Gasteiger charge is 2.44. The van der Waals surface area contributed by atoms with E-state index in [9.17, 15) is 4.79 Å². The summed E-state index contributed by atoms with van der Waals surface area (Å²) in [5, 5.41) is 0.772. The smallest absolute Gasteiger partial charge is 0.226 e. The first-order valence-corrected chi connectivity index (χ1v) is 8.88. The third-order valence-electron chi connectivity index (χ3n) is 5.84. The van der Waals surface area contributed by atoms with Crippen molar-refractivity contribution < 1.29 is 4.79 Å². The third kappa shape index (κ3) is 2.60. The summed E-state index contributed by atoms with van der Waals surface area (Å²) in [6, 6.07) is 8.00. The van der Waals surface area contributed by atoms with Crippen molar-refractivity contribution in [1.29, 1.82) is 0 Å². The molecule has 0 unspecified atom stereocenters. The van der Waals surface area contributed by atoms with Gasteiger partial charge in [0, 0.05) is 42.8 Å². The lowest BCUT2D eigenvalue weighted by Gasteiger charge is -2.38. The molecule has 1 aromatic rings. The van der Waals surface area contributed by atoms with Crippen LogP contribution in [-0.4, -0.2) is 37.0 Å². The molecule has 0 radical (unpaired) electrons. The lowest BCUT2D eigenvalue weighted by Crippen LogP contribution is -2.51. The molecule has 2 aliphatic carbocycles. The zero-order valence-corrected chi connectivity index (χ0v) is 13.6. The Balaban J connectivity index is 1.35. The Morgan fingerprint density at radius 1 is 1.00 bits per heavy atom. The van der Waals surface area contributed by atoms with E-state index in [0.717, 1.165) is 43.5 Å². The van der Waals surface area contributed by atoms with Crippen LogP contribution >= 0.6 is 11.6 Å². The number of carbonyl (C=O) groups is 1. The second-order valence-corrected chi connectivity index (χ2v) is 7.51. The van der Waals surface area contributed by atoms with Gasteiger partial charge in [-0.15, -0.1) is 0 Å². The van der Waals surface area contributed by atoms with Gasteiger partial charge in [0.1, 0.15) is 0 Å². The van der Waals surface area contributed by atoms with Crippen LogP contribution in [0.3, 0.4) is 0 Å². The van der Waals surface area contributed by atoms with Gasteiger partial charge in [-0.25, -0.2) is 0 Å². The zero-order chi connectivity index (χ0) is 15.1. The SMILES string of the molecule is O=C([C@@H]1C[C@H]2CC[C@@H]1C2)N1CCN(c2ccc(Cl)cc2)CC1. The minimum Gasteiger partial charge on any atom is -0.368 e. The molecule has 1 aromatic carbocycles. The molecule has 1 heterocycles. The fraction of sp³-hybridized carbons (Fsp3) is 0.611. The van der Waals surface area contributed by atoms with Gasteiger partial charge in [0.05, 0.1) is 0 Å². The molecule has 4 heteroatoms. The van der Waals surface area contributed by atoms with Crippen molar-refractivity contribution in [3.05, 3.63) is 29.3 Å². The molecule has 3 aliphatic rings. The largest absolute Gasteiger partial charge is 0.368 e. The van der Waals surface area contributed by atoms with Gasteiger partial charge in [-0.1, -0.05) is 18.0 Å². The van der Waals surface area contributed by atoms with Crippen LogP contribution in [0.2, 0.25) is 5.02 Å². The first kappa shape index (κ1) is 14.4. The van der Waals surface area contributed by atoms with Crippen LogP contribution in [0.4, 0.5) is 5.69 Å². The number of anilines is 1. The summed E-state index contributed by atoms with van der Waals surface area (Å²) >= 11 is 5.95. The molecular formula is C18H23ClN2O. The number of nitrogens with zero attached hydrogens (tertiary/aromatic N) is 2. The second kappa shape index (κ2) is 5.77. The lowest BCUT2D eigenvalue weighted by molar-refractivity contribution is -0.137. The quantitative estimate of drug-likeness (QED) is 0.834. The fourth-order valence-corrected chi connectivity index (χ4v) is 4.74. The summed E-state index contributed by atoms with van der Waals surface area (Å²) in [7, 11) is 0. The molecule has 2 saturated carbocycles. The molecule has 3 nitrogen and oxygen atoms in total. The summed E-state index contributed by atoms with van der Waals surface area (Å²) in [5.41, 5.74) is 1.21. The fourth-order valence-electron chi connectivity index (χ4n) is 4.62. The van der Waals surface area contributed by atoms with E-state index in [-0.39, 0.29) is 0 Å². The maximum absolute atomic E-state index is 12.8. The number of fused-ring (bicyclic) bond motifs is 2. The summed E-state index contributed by atoms with van der Waals surface area (Å²) in [5.74, 6) is 2.30. The number of amides is 1. The van der Waals surface area contributed by atoms with E-state index in [1.54, 1.807) is 0 Å². The van der Waals surface area contributed by atoms with Crippen molar-refractivity contribution in [2.45, 2.75) is 25.7 Å². The molecular weight excluding hydrogens is 296 g/mol. The third-order valence-corrected chi connectivity index (χ3v) is 6.09. The lowest BCUT2D eigenvalue weighted by atomic mass is 9.87. The monoisotopic (exact) mass is 318 g/mol. The maximum Gasteiger partial charge on any atom is 0.226 e. The van der Waals surface area contributed by atoms with E-state index in [4.69, 9.17) is 11.6 Å². The van der Waals surface area contributed by atoms with Gasteiger partial charge in [0.2, 0.25) is 5.91 Å². The van der Waals surface area contributed by atoms with Crippen molar-refractivity contribution >= 4 is 23.2 Å². The van der Waals surface area contributed by atoms with Gasteiger partial charge in [-0.2, -0.15) is 0 Å². The van der Waals surface area contributed by atoms with Crippen molar-refractivity contribution in [1.82, 2.24) is 4.90 Å². The molecule has 3 fully saturated rings. The molecule has 0 aromatic heterocycles.